The van der Waals surface area contributed by atoms with Gasteiger partial charge in [-0.05, 0) is 58.4 Å². The summed E-state index contributed by atoms with van der Waals surface area (Å²) in [7, 11) is -0.435. The van der Waals surface area contributed by atoms with E-state index in [9.17, 15) is 4.39 Å². The number of hydrogen-bond acceptors (Lipinski definition) is 3. The molecule has 102 valence electrons. The van der Waals surface area contributed by atoms with E-state index in [1.54, 1.807) is 12.1 Å². The monoisotopic (exact) mass is 263 g/mol. The summed E-state index contributed by atoms with van der Waals surface area (Å²) >= 11 is 0. The minimum Gasteiger partial charge on any atom is -0.400 e. The van der Waals surface area contributed by atoms with E-state index in [0.29, 0.717) is 5.69 Å². The highest BCUT2D eigenvalue weighted by Crippen LogP contribution is 2.36. The molecule has 3 nitrogen and oxygen atoms in total. The Kier molecular flexibility index (Phi) is 3.54. The molecule has 0 unspecified atom stereocenters. The lowest BCUT2D eigenvalue weighted by Gasteiger charge is -2.32. The molecule has 0 radical (unpaired) electrons. The van der Waals surface area contributed by atoms with Gasteiger partial charge in [0, 0.05) is 0 Å². The number of halogens is 1. The molecule has 1 fully saturated rings. The van der Waals surface area contributed by atoms with Crippen LogP contribution in [0.4, 0.5) is 4.39 Å². The van der Waals surface area contributed by atoms with Gasteiger partial charge in [-0.1, -0.05) is 5.98 Å². The quantitative estimate of drug-likeness (QED) is 0.606. The average molecular weight is 263 g/mol. The van der Waals surface area contributed by atoms with Crippen molar-refractivity contribution < 1.29 is 13.7 Å². The topological polar surface area (TPSA) is 31.4 Å². The van der Waals surface area contributed by atoms with Crippen LogP contribution < -0.4 is 0 Å². The Morgan fingerprint density at radius 3 is 2.26 bits per heavy atom. The Hall–Kier alpha value is -1.20. The zero-order chi connectivity index (χ0) is 14.3. The highest BCUT2D eigenvalue weighted by molar-refractivity contribution is 6.52. The lowest BCUT2D eigenvalue weighted by atomic mass is 9.89. The largest absolute Gasteiger partial charge is 0.487 e. The van der Waals surface area contributed by atoms with E-state index in [4.69, 9.17) is 9.31 Å². The van der Waals surface area contributed by atoms with Gasteiger partial charge in [0.1, 0.15) is 0 Å². The summed E-state index contributed by atoms with van der Waals surface area (Å²) in [5, 5.41) is 0. The zero-order valence-corrected chi connectivity index (χ0v) is 12.0. The number of hydrogen-bond donors (Lipinski definition) is 0. The maximum absolute atomic E-state index is 13.2. The minimum absolute atomic E-state index is 0.368. The molecule has 1 aliphatic heterocycles. The molecule has 2 heterocycles. The Morgan fingerprint density at radius 1 is 1.16 bits per heavy atom. The second-order valence-electron chi connectivity index (χ2n) is 5.88. The molecule has 0 aliphatic carbocycles. The van der Waals surface area contributed by atoms with E-state index in [-0.39, 0.29) is 11.2 Å². The van der Waals surface area contributed by atoms with Crippen LogP contribution in [-0.2, 0) is 9.31 Å². The molecule has 0 spiro atoms. The Labute approximate surface area is 114 Å². The zero-order valence-electron chi connectivity index (χ0n) is 12.0. The molecule has 19 heavy (non-hydrogen) atoms. The lowest BCUT2D eigenvalue weighted by molar-refractivity contribution is 0.00578. The van der Waals surface area contributed by atoms with Crippen LogP contribution in [-0.4, -0.2) is 23.3 Å². The summed E-state index contributed by atoms with van der Waals surface area (Å²) in [6.07, 6.45) is 1.72. The van der Waals surface area contributed by atoms with Gasteiger partial charge in [-0.2, -0.15) is 4.39 Å². The maximum atomic E-state index is 13.2. The molecule has 0 aromatic carbocycles. The van der Waals surface area contributed by atoms with Crippen molar-refractivity contribution in [3.05, 3.63) is 35.3 Å². The predicted octanol–water partition coefficient (Wildman–Crippen LogP) is 3.17. The third-order valence-corrected chi connectivity index (χ3v) is 3.65. The van der Waals surface area contributed by atoms with Gasteiger partial charge in [-0.25, -0.2) is 4.98 Å². The molecule has 1 saturated heterocycles. The van der Waals surface area contributed by atoms with Crippen molar-refractivity contribution in [2.75, 3.05) is 0 Å². The first-order valence-electron chi connectivity index (χ1n) is 6.38. The van der Waals surface area contributed by atoms with Crippen LogP contribution >= 0.6 is 0 Å². The first kappa shape index (κ1) is 14.2. The molecule has 1 aliphatic rings. The molecule has 0 bridgehead atoms. The van der Waals surface area contributed by atoms with Gasteiger partial charge in [-0.3, -0.25) is 0 Å². The van der Waals surface area contributed by atoms with Crippen molar-refractivity contribution in [1.82, 2.24) is 4.98 Å². The lowest BCUT2D eigenvalue weighted by Crippen LogP contribution is -2.41. The van der Waals surface area contributed by atoms with E-state index in [1.165, 1.54) is 6.07 Å². The molecule has 2 rings (SSSR count). The van der Waals surface area contributed by atoms with E-state index >= 15 is 0 Å². The Balaban J connectivity index is 2.12. The third-order valence-electron chi connectivity index (χ3n) is 3.65. The summed E-state index contributed by atoms with van der Waals surface area (Å²) in [5.41, 5.74) is 0.661. The van der Waals surface area contributed by atoms with Crippen LogP contribution in [0.3, 0.4) is 0 Å². The van der Waals surface area contributed by atoms with E-state index in [0.717, 1.165) is 5.56 Å². The van der Waals surface area contributed by atoms with Crippen LogP contribution in [0.2, 0.25) is 0 Å². The van der Waals surface area contributed by atoms with Gasteiger partial charge in [0.15, 0.2) is 0 Å². The Morgan fingerprint density at radius 2 is 1.74 bits per heavy atom. The fourth-order valence-electron chi connectivity index (χ4n) is 1.88. The molecule has 0 amide bonds. The standard InChI is InChI=1S/C14H19BFNO2/c1-10-8-11(17-12(16)9-10)6-7-15-18-13(2,3)14(4,5)19-15/h6-9H,1-5H3/b7-6+. The number of aryl methyl sites for hydroxylation is 1. The van der Waals surface area contributed by atoms with Crippen molar-refractivity contribution in [3.63, 3.8) is 0 Å². The van der Waals surface area contributed by atoms with Crippen LogP contribution in [0, 0.1) is 12.9 Å². The first-order chi connectivity index (χ1) is 8.69. The number of pyridine rings is 1. The van der Waals surface area contributed by atoms with Crippen molar-refractivity contribution in [1.29, 1.82) is 0 Å². The van der Waals surface area contributed by atoms with Crippen molar-refractivity contribution in [3.8, 4) is 0 Å². The number of aromatic nitrogens is 1. The molecule has 0 N–H and O–H groups in total. The molecule has 0 saturated carbocycles. The van der Waals surface area contributed by atoms with Gasteiger partial charge in [0.25, 0.3) is 0 Å². The van der Waals surface area contributed by atoms with Gasteiger partial charge in [0.2, 0.25) is 5.95 Å². The van der Waals surface area contributed by atoms with Crippen molar-refractivity contribution >= 4 is 13.2 Å². The highest BCUT2D eigenvalue weighted by atomic mass is 19.1. The van der Waals surface area contributed by atoms with Gasteiger partial charge in [0.05, 0.1) is 16.9 Å². The van der Waals surface area contributed by atoms with Crippen LogP contribution in [0.5, 0.6) is 0 Å². The summed E-state index contributed by atoms with van der Waals surface area (Å²) in [6.45, 7) is 9.80. The van der Waals surface area contributed by atoms with Crippen molar-refractivity contribution in [2.24, 2.45) is 0 Å². The average Bonchev–Trinajstić information content (AvgIpc) is 2.43. The number of rotatable bonds is 2. The molecule has 5 heteroatoms. The third kappa shape index (κ3) is 3.04. The van der Waals surface area contributed by atoms with Crippen molar-refractivity contribution in [2.45, 2.75) is 45.8 Å². The predicted molar refractivity (Wildman–Crippen MR) is 74.0 cm³/mol. The highest BCUT2D eigenvalue weighted by Gasteiger charge is 2.49. The minimum atomic E-state index is -0.478. The van der Waals surface area contributed by atoms with Gasteiger partial charge in [-0.15, -0.1) is 0 Å². The smallest absolute Gasteiger partial charge is 0.400 e. The summed E-state index contributed by atoms with van der Waals surface area (Å²) in [6, 6.07) is 3.21. The van der Waals surface area contributed by atoms with Gasteiger partial charge < -0.3 is 9.31 Å². The Bertz CT molecular complexity index is 478. The fourth-order valence-corrected chi connectivity index (χ4v) is 1.88. The molecule has 1 aromatic heterocycles. The first-order valence-corrected chi connectivity index (χ1v) is 6.38. The van der Waals surface area contributed by atoms with Gasteiger partial charge >= 0.3 is 7.12 Å². The molecular weight excluding hydrogens is 244 g/mol. The molecular formula is C14H19BFNO2. The second-order valence-corrected chi connectivity index (χ2v) is 5.88. The number of nitrogens with zero attached hydrogens (tertiary/aromatic N) is 1. The van der Waals surface area contributed by atoms with Crippen LogP contribution in [0.15, 0.2) is 18.1 Å². The van der Waals surface area contributed by atoms with E-state index < -0.39 is 13.1 Å². The molecule has 1 aromatic rings. The summed E-state index contributed by atoms with van der Waals surface area (Å²) in [5.74, 6) is 1.28. The molecule has 0 atom stereocenters. The SMILES string of the molecule is Cc1cc(F)nc(/C=C/B2OC(C)(C)C(C)(C)O2)c1. The maximum Gasteiger partial charge on any atom is 0.487 e. The summed E-state index contributed by atoms with van der Waals surface area (Å²) < 4.78 is 24.8. The second kappa shape index (κ2) is 4.73. The normalized spacial score (nSPS) is 21.3. The van der Waals surface area contributed by atoms with E-state index in [2.05, 4.69) is 4.98 Å². The van der Waals surface area contributed by atoms with Crippen LogP contribution in [0.1, 0.15) is 39.0 Å². The fraction of sp³-hybridized carbons (Fsp3) is 0.500. The van der Waals surface area contributed by atoms with E-state index in [1.807, 2.05) is 40.7 Å². The summed E-state index contributed by atoms with van der Waals surface area (Å²) in [4.78, 5) is 3.80. The van der Waals surface area contributed by atoms with Crippen LogP contribution in [0.25, 0.3) is 6.08 Å².